The van der Waals surface area contributed by atoms with E-state index in [0.717, 1.165) is 53.9 Å². The van der Waals surface area contributed by atoms with Gasteiger partial charge in [0.2, 0.25) is 5.91 Å². The molecule has 0 saturated heterocycles. The van der Waals surface area contributed by atoms with Crippen LogP contribution in [0.15, 0.2) is 18.2 Å². The van der Waals surface area contributed by atoms with Gasteiger partial charge in [0.1, 0.15) is 5.75 Å². The number of nitrogens with one attached hydrogen (secondary N) is 3. The Hall–Kier alpha value is -2.08. The molecule has 4 saturated carbocycles. The maximum Gasteiger partial charge on any atom is 0.321 e. The summed E-state index contributed by atoms with van der Waals surface area (Å²) in [6.07, 6.45) is 7.17. The number of methoxy groups -OCH3 is 1. The maximum atomic E-state index is 12.7. The first-order valence-corrected chi connectivity index (χ1v) is 11.3. The number of urea groups is 1. The highest BCUT2D eigenvalue weighted by atomic mass is 16.5. The Morgan fingerprint density at radius 2 is 1.67 bits per heavy atom. The van der Waals surface area contributed by atoms with Crippen LogP contribution in [-0.4, -0.2) is 30.6 Å². The molecule has 0 radical (unpaired) electrons. The second kappa shape index (κ2) is 8.22. The monoisotopic (exact) mass is 413 g/mol. The summed E-state index contributed by atoms with van der Waals surface area (Å²) in [5.41, 5.74) is 2.03. The predicted molar refractivity (Wildman–Crippen MR) is 116 cm³/mol. The van der Waals surface area contributed by atoms with Gasteiger partial charge in [0, 0.05) is 17.1 Å². The van der Waals surface area contributed by atoms with Crippen LogP contribution in [0.3, 0.4) is 0 Å². The van der Waals surface area contributed by atoms with Crippen molar-refractivity contribution < 1.29 is 14.3 Å². The summed E-state index contributed by atoms with van der Waals surface area (Å²) in [5.74, 6) is 2.72. The minimum atomic E-state index is -0.507. The van der Waals surface area contributed by atoms with E-state index >= 15 is 0 Å². The van der Waals surface area contributed by atoms with Gasteiger partial charge in [0.15, 0.2) is 0 Å². The van der Waals surface area contributed by atoms with Crippen molar-refractivity contribution in [1.29, 1.82) is 0 Å². The van der Waals surface area contributed by atoms with Gasteiger partial charge < -0.3 is 10.1 Å². The lowest BCUT2D eigenvalue weighted by molar-refractivity contribution is -0.121. The smallest absolute Gasteiger partial charge is 0.321 e. The van der Waals surface area contributed by atoms with E-state index in [2.05, 4.69) is 22.0 Å². The number of carbonyl (C=O) groups excluding carboxylic acids is 2. The van der Waals surface area contributed by atoms with Crippen molar-refractivity contribution in [3.05, 3.63) is 29.3 Å². The molecule has 6 heteroatoms. The molecule has 4 fully saturated rings. The van der Waals surface area contributed by atoms with Gasteiger partial charge in [0.25, 0.3) is 0 Å². The van der Waals surface area contributed by atoms with Gasteiger partial charge in [-0.05, 0) is 83.1 Å². The van der Waals surface area contributed by atoms with E-state index in [1.807, 2.05) is 26.0 Å². The Balaban J connectivity index is 1.32. The van der Waals surface area contributed by atoms with Gasteiger partial charge in [-0.3, -0.25) is 15.4 Å². The van der Waals surface area contributed by atoms with Crippen LogP contribution in [0.25, 0.3) is 0 Å². The molecule has 4 aliphatic carbocycles. The average Bonchev–Trinajstić information content (AvgIpc) is 2.66. The van der Waals surface area contributed by atoms with Crippen LogP contribution in [0, 0.1) is 24.7 Å². The van der Waals surface area contributed by atoms with Crippen LogP contribution in [0.4, 0.5) is 4.79 Å². The zero-order chi connectivity index (χ0) is 21.5. The van der Waals surface area contributed by atoms with E-state index in [9.17, 15) is 9.59 Å². The largest absolute Gasteiger partial charge is 0.496 e. The number of rotatable bonds is 6. The molecular formula is C24H35N3O3. The van der Waals surface area contributed by atoms with Gasteiger partial charge in [-0.1, -0.05) is 17.7 Å². The Kier molecular flexibility index (Phi) is 5.80. The van der Waals surface area contributed by atoms with E-state index in [1.165, 1.54) is 19.3 Å². The summed E-state index contributed by atoms with van der Waals surface area (Å²) < 4.78 is 5.46. The Labute approximate surface area is 179 Å². The molecule has 0 aliphatic heterocycles. The lowest BCUT2D eigenvalue weighted by Crippen LogP contribution is -2.62. The first kappa shape index (κ1) is 21.2. The van der Waals surface area contributed by atoms with Gasteiger partial charge >= 0.3 is 6.03 Å². The molecule has 4 bridgehead atoms. The lowest BCUT2D eigenvalue weighted by Gasteiger charge is -2.56. The number of benzene rings is 1. The van der Waals surface area contributed by atoms with Crippen molar-refractivity contribution in [2.75, 3.05) is 7.11 Å². The summed E-state index contributed by atoms with van der Waals surface area (Å²) in [6.45, 7) is 5.81. The number of hydrogen-bond acceptors (Lipinski definition) is 4. The third-order valence-corrected chi connectivity index (χ3v) is 7.40. The van der Waals surface area contributed by atoms with Crippen molar-refractivity contribution >= 4 is 11.9 Å². The van der Waals surface area contributed by atoms with Gasteiger partial charge in [-0.2, -0.15) is 0 Å². The van der Waals surface area contributed by atoms with Crippen molar-refractivity contribution in [3.63, 3.8) is 0 Å². The fourth-order valence-corrected chi connectivity index (χ4v) is 6.49. The van der Waals surface area contributed by atoms with Crippen molar-refractivity contribution in [2.24, 2.45) is 17.8 Å². The molecule has 6 nitrogen and oxygen atoms in total. The number of amides is 3. The Morgan fingerprint density at radius 3 is 2.23 bits per heavy atom. The maximum absolute atomic E-state index is 12.7. The van der Waals surface area contributed by atoms with Crippen molar-refractivity contribution in [3.8, 4) is 5.75 Å². The summed E-state index contributed by atoms with van der Waals surface area (Å²) in [4.78, 5) is 25.3. The molecule has 2 unspecified atom stereocenters. The molecule has 30 heavy (non-hydrogen) atoms. The van der Waals surface area contributed by atoms with Crippen LogP contribution < -0.4 is 20.7 Å². The molecule has 2 atom stereocenters. The first-order valence-electron chi connectivity index (χ1n) is 11.3. The molecular weight excluding hydrogens is 378 g/mol. The zero-order valence-corrected chi connectivity index (χ0v) is 18.6. The van der Waals surface area contributed by atoms with Gasteiger partial charge in [-0.15, -0.1) is 0 Å². The van der Waals surface area contributed by atoms with Crippen LogP contribution >= 0.6 is 0 Å². The number of aryl methyl sites for hydroxylation is 1. The summed E-state index contributed by atoms with van der Waals surface area (Å²) in [5, 5.41) is 9.06. The minimum Gasteiger partial charge on any atom is -0.496 e. The van der Waals surface area contributed by atoms with E-state index in [1.54, 1.807) is 14.0 Å². The van der Waals surface area contributed by atoms with Crippen molar-refractivity contribution in [2.45, 2.75) is 76.9 Å². The van der Waals surface area contributed by atoms with Gasteiger partial charge in [-0.25, -0.2) is 4.79 Å². The molecule has 4 aliphatic rings. The highest BCUT2D eigenvalue weighted by Gasteiger charge is 2.51. The number of ether oxygens (including phenoxy) is 1. The number of hydrogen-bond donors (Lipinski definition) is 3. The molecule has 1 aromatic carbocycles. The highest BCUT2D eigenvalue weighted by molar-refractivity contribution is 5.97. The van der Waals surface area contributed by atoms with Crippen LogP contribution in [0.1, 0.15) is 69.5 Å². The molecule has 3 N–H and O–H groups in total. The first-order chi connectivity index (χ1) is 14.3. The summed E-state index contributed by atoms with van der Waals surface area (Å²) in [6, 6.07) is 5.04. The second-order valence-corrected chi connectivity index (χ2v) is 10.00. The van der Waals surface area contributed by atoms with E-state index in [0.29, 0.717) is 0 Å². The predicted octanol–water partition coefficient (Wildman–Crippen LogP) is 3.84. The van der Waals surface area contributed by atoms with E-state index in [-0.39, 0.29) is 23.5 Å². The quantitative estimate of drug-likeness (QED) is 0.662. The molecule has 5 rings (SSSR count). The van der Waals surface area contributed by atoms with Crippen molar-refractivity contribution in [1.82, 2.24) is 16.0 Å². The molecule has 0 heterocycles. The zero-order valence-electron chi connectivity index (χ0n) is 18.6. The highest BCUT2D eigenvalue weighted by Crippen LogP contribution is 2.55. The van der Waals surface area contributed by atoms with Crippen LogP contribution in [-0.2, 0) is 4.79 Å². The lowest BCUT2D eigenvalue weighted by atomic mass is 9.53. The summed E-state index contributed by atoms with van der Waals surface area (Å²) >= 11 is 0. The molecule has 1 aromatic rings. The number of imide groups is 1. The minimum absolute atomic E-state index is 0.0909. The average molecular weight is 414 g/mol. The van der Waals surface area contributed by atoms with E-state index < -0.39 is 6.04 Å². The second-order valence-electron chi connectivity index (χ2n) is 10.00. The number of carbonyl (C=O) groups is 2. The SMILES string of the molecule is COc1ccc(C)cc1C(C)NC(C)C(=O)NC(=O)NC12CC3CC(CC(C3)C1)C2. The Bertz CT molecular complexity index is 787. The standard InChI is InChI=1S/C24H35N3O3/c1-14-5-6-21(30-4)20(7-14)15(2)25-16(3)22(28)26-23(29)27-24-11-17-8-18(12-24)10-19(9-17)13-24/h5-7,15-19,25H,8-13H2,1-4H3,(H2,26,27,28,29). The van der Waals surface area contributed by atoms with E-state index in [4.69, 9.17) is 4.74 Å². The normalized spacial score (nSPS) is 31.1. The van der Waals surface area contributed by atoms with Crippen LogP contribution in [0.2, 0.25) is 0 Å². The molecule has 0 aromatic heterocycles. The molecule has 3 amide bonds. The Morgan fingerprint density at radius 1 is 1.07 bits per heavy atom. The third-order valence-electron chi connectivity index (χ3n) is 7.40. The van der Waals surface area contributed by atoms with Crippen LogP contribution in [0.5, 0.6) is 5.75 Å². The molecule has 164 valence electrons. The topological polar surface area (TPSA) is 79.5 Å². The van der Waals surface area contributed by atoms with Gasteiger partial charge in [0.05, 0.1) is 13.2 Å². The third kappa shape index (κ3) is 4.34. The fourth-order valence-electron chi connectivity index (χ4n) is 6.49. The molecule has 0 spiro atoms. The summed E-state index contributed by atoms with van der Waals surface area (Å²) in [7, 11) is 1.64. The fraction of sp³-hybridized carbons (Fsp3) is 0.667.